The number of benzene rings is 1. The summed E-state index contributed by atoms with van der Waals surface area (Å²) in [5, 5.41) is 3.00. The fourth-order valence-electron chi connectivity index (χ4n) is 3.12. The van der Waals surface area contributed by atoms with Gasteiger partial charge in [0.2, 0.25) is 0 Å². The summed E-state index contributed by atoms with van der Waals surface area (Å²) in [6.07, 6.45) is 3.86. The average molecular weight is 353 g/mol. The zero-order valence-corrected chi connectivity index (χ0v) is 14.9. The number of amides is 1. The predicted molar refractivity (Wildman–Crippen MR) is 99.3 cm³/mol. The van der Waals surface area contributed by atoms with Gasteiger partial charge in [-0.3, -0.25) is 4.79 Å². The van der Waals surface area contributed by atoms with Gasteiger partial charge in [-0.2, -0.15) is 0 Å². The zero-order valence-electron chi connectivity index (χ0n) is 14.9. The first-order chi connectivity index (χ1) is 12.7. The number of methoxy groups -OCH3 is 1. The van der Waals surface area contributed by atoms with Crippen molar-refractivity contribution in [1.82, 2.24) is 10.3 Å². The van der Waals surface area contributed by atoms with Crippen LogP contribution in [-0.2, 0) is 4.74 Å². The number of carbonyl (C=O) groups is 2. The zero-order chi connectivity index (χ0) is 18.4. The van der Waals surface area contributed by atoms with Crippen LogP contribution in [0.15, 0.2) is 48.7 Å². The number of nitrogens with one attached hydrogen (secondary N) is 1. The highest BCUT2D eigenvalue weighted by Crippen LogP contribution is 2.21. The van der Waals surface area contributed by atoms with Crippen molar-refractivity contribution in [3.63, 3.8) is 0 Å². The lowest BCUT2D eigenvalue weighted by Crippen LogP contribution is -2.39. The Morgan fingerprint density at radius 2 is 1.81 bits per heavy atom. The van der Waals surface area contributed by atoms with Crippen LogP contribution >= 0.6 is 0 Å². The Morgan fingerprint density at radius 1 is 1.12 bits per heavy atom. The van der Waals surface area contributed by atoms with E-state index >= 15 is 0 Å². The third-order valence-corrected chi connectivity index (χ3v) is 4.71. The molecule has 0 bridgehead atoms. The van der Waals surface area contributed by atoms with E-state index in [1.165, 1.54) is 7.11 Å². The van der Waals surface area contributed by atoms with Gasteiger partial charge >= 0.3 is 5.97 Å². The van der Waals surface area contributed by atoms with E-state index in [0.717, 1.165) is 31.7 Å². The molecule has 1 aliphatic rings. The van der Waals surface area contributed by atoms with Crippen LogP contribution in [0.2, 0.25) is 0 Å². The Morgan fingerprint density at radius 3 is 2.42 bits per heavy atom. The number of hydrogen-bond acceptors (Lipinski definition) is 5. The number of ether oxygens (including phenoxy) is 1. The molecule has 2 aromatic rings. The highest BCUT2D eigenvalue weighted by molar-refractivity contribution is 5.96. The van der Waals surface area contributed by atoms with Crippen molar-refractivity contribution < 1.29 is 14.3 Å². The first-order valence-electron chi connectivity index (χ1n) is 8.80. The maximum Gasteiger partial charge on any atom is 0.337 e. The van der Waals surface area contributed by atoms with E-state index < -0.39 is 5.97 Å². The van der Waals surface area contributed by atoms with Crippen LogP contribution in [-0.4, -0.2) is 43.6 Å². The van der Waals surface area contributed by atoms with Gasteiger partial charge in [-0.1, -0.05) is 6.07 Å². The Balaban J connectivity index is 1.46. The lowest BCUT2D eigenvalue weighted by molar-refractivity contribution is 0.0600. The number of rotatable bonds is 5. The standard InChI is InChI=1S/C20H23N3O3/c1-26-20(25)17-7-5-16(6-8-17)19(24)22-14-15-9-12-23(13-10-15)18-4-2-3-11-21-18/h2-8,11,15H,9-10,12-14H2,1H3,(H,22,24). The Bertz CT molecular complexity index is 739. The van der Waals surface area contributed by atoms with Crippen LogP contribution in [0.5, 0.6) is 0 Å². The number of aromatic nitrogens is 1. The minimum atomic E-state index is -0.406. The number of esters is 1. The molecule has 26 heavy (non-hydrogen) atoms. The highest BCUT2D eigenvalue weighted by Gasteiger charge is 2.20. The van der Waals surface area contributed by atoms with E-state index in [9.17, 15) is 9.59 Å². The molecule has 3 rings (SSSR count). The van der Waals surface area contributed by atoms with Crippen molar-refractivity contribution in [2.24, 2.45) is 5.92 Å². The summed E-state index contributed by atoms with van der Waals surface area (Å²) in [6, 6.07) is 12.4. The monoisotopic (exact) mass is 353 g/mol. The number of nitrogens with zero attached hydrogens (tertiary/aromatic N) is 2. The van der Waals surface area contributed by atoms with Gasteiger partial charge in [0, 0.05) is 31.4 Å². The SMILES string of the molecule is COC(=O)c1ccc(C(=O)NCC2CCN(c3ccccn3)CC2)cc1. The molecule has 1 amide bonds. The van der Waals surface area contributed by atoms with Gasteiger partial charge in [-0.25, -0.2) is 9.78 Å². The average Bonchev–Trinajstić information content (AvgIpc) is 2.72. The molecule has 2 heterocycles. The fourth-order valence-corrected chi connectivity index (χ4v) is 3.12. The maximum atomic E-state index is 12.3. The third-order valence-electron chi connectivity index (χ3n) is 4.71. The molecule has 136 valence electrons. The quantitative estimate of drug-likeness (QED) is 0.837. The molecule has 0 aliphatic carbocycles. The first-order valence-corrected chi connectivity index (χ1v) is 8.80. The molecule has 1 aromatic carbocycles. The first kappa shape index (κ1) is 17.9. The summed E-state index contributed by atoms with van der Waals surface area (Å²) >= 11 is 0. The van der Waals surface area contributed by atoms with E-state index in [4.69, 9.17) is 0 Å². The molecule has 0 radical (unpaired) electrons. The minimum Gasteiger partial charge on any atom is -0.465 e. The number of hydrogen-bond donors (Lipinski definition) is 1. The van der Waals surface area contributed by atoms with Gasteiger partial charge in [0.05, 0.1) is 12.7 Å². The number of carbonyl (C=O) groups excluding carboxylic acids is 2. The summed E-state index contributed by atoms with van der Waals surface area (Å²) in [5.74, 6) is 0.958. The van der Waals surface area contributed by atoms with E-state index in [1.807, 2.05) is 24.4 Å². The summed E-state index contributed by atoms with van der Waals surface area (Å²) < 4.78 is 4.66. The van der Waals surface area contributed by atoms with Crippen molar-refractivity contribution in [3.05, 3.63) is 59.8 Å². The minimum absolute atomic E-state index is 0.117. The molecule has 6 nitrogen and oxygen atoms in total. The molecule has 6 heteroatoms. The van der Waals surface area contributed by atoms with Crippen molar-refractivity contribution in [3.8, 4) is 0 Å². The molecule has 0 unspecified atom stereocenters. The van der Waals surface area contributed by atoms with E-state index in [0.29, 0.717) is 23.6 Å². The molecule has 1 saturated heterocycles. The molecule has 0 spiro atoms. The van der Waals surface area contributed by atoms with E-state index in [1.54, 1.807) is 24.3 Å². The van der Waals surface area contributed by atoms with Gasteiger partial charge in [0.1, 0.15) is 5.82 Å². The Kier molecular flexibility index (Phi) is 5.84. The van der Waals surface area contributed by atoms with E-state index in [-0.39, 0.29) is 5.91 Å². The second-order valence-electron chi connectivity index (χ2n) is 6.40. The van der Waals surface area contributed by atoms with Crippen LogP contribution in [0.3, 0.4) is 0 Å². The van der Waals surface area contributed by atoms with Gasteiger partial charge in [-0.05, 0) is 55.2 Å². The van der Waals surface area contributed by atoms with Gasteiger partial charge in [0.15, 0.2) is 0 Å². The van der Waals surface area contributed by atoms with E-state index in [2.05, 4.69) is 19.9 Å². The molecule has 1 fully saturated rings. The second-order valence-corrected chi connectivity index (χ2v) is 6.40. The predicted octanol–water partition coefficient (Wildman–Crippen LogP) is 2.51. The summed E-state index contributed by atoms with van der Waals surface area (Å²) in [5.41, 5.74) is 0.981. The largest absolute Gasteiger partial charge is 0.465 e. The lowest BCUT2D eigenvalue weighted by atomic mass is 9.96. The molecule has 1 aromatic heterocycles. The fraction of sp³-hybridized carbons (Fsp3) is 0.350. The molecular weight excluding hydrogens is 330 g/mol. The Labute approximate surface area is 153 Å². The molecule has 1 N–H and O–H groups in total. The van der Waals surface area contributed by atoms with Crippen LogP contribution in [0, 0.1) is 5.92 Å². The maximum absolute atomic E-state index is 12.3. The smallest absolute Gasteiger partial charge is 0.337 e. The van der Waals surface area contributed by atoms with Gasteiger partial charge in [-0.15, -0.1) is 0 Å². The second kappa shape index (κ2) is 8.47. The van der Waals surface area contributed by atoms with Crippen molar-refractivity contribution in [2.45, 2.75) is 12.8 Å². The Hall–Kier alpha value is -2.89. The normalized spacial score (nSPS) is 14.7. The van der Waals surface area contributed by atoms with Crippen molar-refractivity contribution >= 4 is 17.7 Å². The van der Waals surface area contributed by atoms with Crippen molar-refractivity contribution in [2.75, 3.05) is 31.6 Å². The molecule has 0 saturated carbocycles. The molecule has 1 aliphatic heterocycles. The number of pyridine rings is 1. The van der Waals surface area contributed by atoms with Crippen LogP contribution in [0.1, 0.15) is 33.6 Å². The molecule has 0 atom stereocenters. The number of piperidine rings is 1. The lowest BCUT2D eigenvalue weighted by Gasteiger charge is -2.32. The van der Waals surface area contributed by atoms with Crippen LogP contribution in [0.4, 0.5) is 5.82 Å². The summed E-state index contributed by atoms with van der Waals surface area (Å²) in [7, 11) is 1.34. The summed E-state index contributed by atoms with van der Waals surface area (Å²) in [6.45, 7) is 2.56. The van der Waals surface area contributed by atoms with Crippen LogP contribution < -0.4 is 10.2 Å². The molecular formula is C20H23N3O3. The van der Waals surface area contributed by atoms with Crippen LogP contribution in [0.25, 0.3) is 0 Å². The highest BCUT2D eigenvalue weighted by atomic mass is 16.5. The number of anilines is 1. The third kappa shape index (κ3) is 4.39. The topological polar surface area (TPSA) is 71.5 Å². The van der Waals surface area contributed by atoms with Crippen molar-refractivity contribution in [1.29, 1.82) is 0 Å². The van der Waals surface area contributed by atoms with Gasteiger partial charge in [0.25, 0.3) is 5.91 Å². The van der Waals surface area contributed by atoms with Gasteiger partial charge < -0.3 is 15.0 Å². The summed E-state index contributed by atoms with van der Waals surface area (Å²) in [4.78, 5) is 30.4.